The third-order valence-electron chi connectivity index (χ3n) is 3.71. The van der Waals surface area contributed by atoms with E-state index in [4.69, 9.17) is 4.98 Å². The summed E-state index contributed by atoms with van der Waals surface area (Å²) in [6.07, 6.45) is 4.23. The van der Waals surface area contributed by atoms with Crippen molar-refractivity contribution >= 4 is 5.65 Å². The number of hydrogen-bond donors (Lipinski definition) is 0. The summed E-state index contributed by atoms with van der Waals surface area (Å²) in [7, 11) is 2.19. The van der Waals surface area contributed by atoms with Crippen molar-refractivity contribution in [3.05, 3.63) is 35.8 Å². The van der Waals surface area contributed by atoms with Gasteiger partial charge in [0.2, 0.25) is 0 Å². The van der Waals surface area contributed by atoms with Crippen LogP contribution in [0, 0.1) is 6.92 Å². The van der Waals surface area contributed by atoms with Crippen LogP contribution in [0.2, 0.25) is 0 Å². The zero-order valence-electron chi connectivity index (χ0n) is 11.1. The minimum atomic E-state index is 0.967. The molecule has 96 valence electrons. The van der Waals surface area contributed by atoms with Gasteiger partial charge in [0.25, 0.3) is 0 Å². The van der Waals surface area contributed by atoms with E-state index < -0.39 is 0 Å². The molecule has 0 bridgehead atoms. The van der Waals surface area contributed by atoms with E-state index in [1.807, 2.05) is 0 Å². The summed E-state index contributed by atoms with van der Waals surface area (Å²) in [5, 5.41) is 0. The van der Waals surface area contributed by atoms with Crippen LogP contribution in [0.3, 0.4) is 0 Å². The minimum absolute atomic E-state index is 0.967. The summed E-state index contributed by atoms with van der Waals surface area (Å²) in [6.45, 7) is 7.68. The van der Waals surface area contributed by atoms with E-state index in [2.05, 4.69) is 52.7 Å². The van der Waals surface area contributed by atoms with Gasteiger partial charge in [-0.2, -0.15) is 0 Å². The van der Waals surface area contributed by atoms with Crippen molar-refractivity contribution < 1.29 is 0 Å². The summed E-state index contributed by atoms with van der Waals surface area (Å²) in [4.78, 5) is 9.60. The number of imidazole rings is 1. The van der Waals surface area contributed by atoms with Crippen molar-refractivity contribution in [1.29, 1.82) is 0 Å². The molecular formula is C14H20N4. The predicted molar refractivity (Wildman–Crippen MR) is 72.7 cm³/mol. The molecule has 0 saturated carbocycles. The molecular weight excluding hydrogens is 224 g/mol. The highest BCUT2D eigenvalue weighted by Crippen LogP contribution is 2.12. The Labute approximate surface area is 108 Å². The van der Waals surface area contributed by atoms with E-state index in [1.165, 1.54) is 11.3 Å². The molecule has 2 aromatic heterocycles. The smallest absolute Gasteiger partial charge is 0.139 e. The lowest BCUT2D eigenvalue weighted by Gasteiger charge is -2.31. The van der Waals surface area contributed by atoms with Crippen LogP contribution in [0.5, 0.6) is 0 Å². The molecule has 1 fully saturated rings. The van der Waals surface area contributed by atoms with Crippen molar-refractivity contribution in [3.8, 4) is 0 Å². The minimum Gasteiger partial charge on any atom is -0.307 e. The number of fused-ring (bicyclic) bond motifs is 1. The Bertz CT molecular complexity index is 538. The molecule has 1 saturated heterocycles. The first-order valence-electron chi connectivity index (χ1n) is 6.56. The van der Waals surface area contributed by atoms with Crippen LogP contribution in [-0.4, -0.2) is 52.4 Å². The third kappa shape index (κ3) is 2.26. The van der Waals surface area contributed by atoms with Crippen molar-refractivity contribution in [1.82, 2.24) is 19.2 Å². The van der Waals surface area contributed by atoms with Crippen molar-refractivity contribution in [3.63, 3.8) is 0 Å². The van der Waals surface area contributed by atoms with Crippen LogP contribution in [0.15, 0.2) is 24.5 Å². The van der Waals surface area contributed by atoms with Gasteiger partial charge in [-0.05, 0) is 25.6 Å². The Kier molecular flexibility index (Phi) is 3.06. The van der Waals surface area contributed by atoms with Gasteiger partial charge in [0.05, 0.1) is 5.69 Å². The zero-order valence-corrected chi connectivity index (χ0v) is 11.1. The van der Waals surface area contributed by atoms with E-state index in [-0.39, 0.29) is 0 Å². The lowest BCUT2D eigenvalue weighted by atomic mass is 10.3. The largest absolute Gasteiger partial charge is 0.307 e. The second-order valence-electron chi connectivity index (χ2n) is 5.23. The molecule has 0 unspecified atom stereocenters. The van der Waals surface area contributed by atoms with E-state index in [0.29, 0.717) is 0 Å². The Morgan fingerprint density at radius 2 is 2.00 bits per heavy atom. The monoisotopic (exact) mass is 244 g/mol. The van der Waals surface area contributed by atoms with E-state index in [9.17, 15) is 0 Å². The summed E-state index contributed by atoms with van der Waals surface area (Å²) < 4.78 is 2.13. The maximum absolute atomic E-state index is 4.73. The number of pyridine rings is 1. The Hall–Kier alpha value is -1.39. The molecule has 2 aromatic rings. The van der Waals surface area contributed by atoms with Gasteiger partial charge in [-0.25, -0.2) is 4.98 Å². The highest BCUT2D eigenvalue weighted by atomic mass is 15.2. The first-order valence-corrected chi connectivity index (χ1v) is 6.56. The standard InChI is InChI=1S/C14H20N4/c1-12-4-3-5-18-11-13(15-14(12)18)10-17-8-6-16(2)7-9-17/h3-5,11H,6-10H2,1-2H3. The fourth-order valence-corrected chi connectivity index (χ4v) is 2.52. The van der Waals surface area contributed by atoms with Gasteiger partial charge in [0, 0.05) is 45.1 Å². The zero-order chi connectivity index (χ0) is 12.5. The van der Waals surface area contributed by atoms with Gasteiger partial charge in [-0.15, -0.1) is 0 Å². The SMILES string of the molecule is Cc1cccn2cc(CN3CCN(C)CC3)nc12. The van der Waals surface area contributed by atoms with Crippen LogP contribution in [0.4, 0.5) is 0 Å². The highest BCUT2D eigenvalue weighted by molar-refractivity contribution is 5.47. The lowest BCUT2D eigenvalue weighted by Crippen LogP contribution is -2.43. The molecule has 4 nitrogen and oxygen atoms in total. The lowest BCUT2D eigenvalue weighted by molar-refractivity contribution is 0.147. The number of nitrogens with zero attached hydrogens (tertiary/aromatic N) is 4. The Balaban J connectivity index is 1.77. The average Bonchev–Trinajstić information content (AvgIpc) is 2.76. The van der Waals surface area contributed by atoms with E-state index in [1.54, 1.807) is 0 Å². The number of aromatic nitrogens is 2. The predicted octanol–water partition coefficient (Wildman–Crippen LogP) is 1.39. The fraction of sp³-hybridized carbons (Fsp3) is 0.500. The fourth-order valence-electron chi connectivity index (χ4n) is 2.52. The van der Waals surface area contributed by atoms with Crippen molar-refractivity contribution in [2.45, 2.75) is 13.5 Å². The molecule has 1 aliphatic rings. The number of piperazine rings is 1. The number of aryl methyl sites for hydroxylation is 1. The average molecular weight is 244 g/mol. The maximum Gasteiger partial charge on any atom is 0.139 e. The Morgan fingerprint density at radius 3 is 2.72 bits per heavy atom. The number of likely N-dealkylation sites (N-methyl/N-ethyl adjacent to an activating group) is 1. The first-order chi connectivity index (χ1) is 8.72. The molecule has 0 spiro atoms. The molecule has 18 heavy (non-hydrogen) atoms. The first kappa shape index (κ1) is 11.7. The molecule has 0 radical (unpaired) electrons. The van der Waals surface area contributed by atoms with Crippen molar-refractivity contribution in [2.24, 2.45) is 0 Å². The summed E-state index contributed by atoms with van der Waals surface area (Å²) in [6, 6.07) is 4.19. The van der Waals surface area contributed by atoms with Gasteiger partial charge >= 0.3 is 0 Å². The van der Waals surface area contributed by atoms with Gasteiger partial charge in [-0.1, -0.05) is 6.07 Å². The molecule has 0 amide bonds. The van der Waals surface area contributed by atoms with E-state index in [0.717, 1.165) is 38.4 Å². The molecule has 0 aromatic carbocycles. The summed E-state index contributed by atoms with van der Waals surface area (Å²) >= 11 is 0. The van der Waals surface area contributed by atoms with Gasteiger partial charge in [-0.3, -0.25) is 4.90 Å². The van der Waals surface area contributed by atoms with Gasteiger partial charge in [0.15, 0.2) is 0 Å². The molecule has 1 aliphatic heterocycles. The van der Waals surface area contributed by atoms with Crippen LogP contribution in [0.25, 0.3) is 5.65 Å². The van der Waals surface area contributed by atoms with Crippen LogP contribution in [-0.2, 0) is 6.54 Å². The molecule has 3 heterocycles. The molecule has 4 heteroatoms. The van der Waals surface area contributed by atoms with E-state index >= 15 is 0 Å². The quantitative estimate of drug-likeness (QED) is 0.797. The Morgan fingerprint density at radius 1 is 1.22 bits per heavy atom. The van der Waals surface area contributed by atoms with Gasteiger partial charge < -0.3 is 9.30 Å². The van der Waals surface area contributed by atoms with Crippen molar-refractivity contribution in [2.75, 3.05) is 33.2 Å². The number of rotatable bonds is 2. The topological polar surface area (TPSA) is 23.8 Å². The molecule has 0 N–H and O–H groups in total. The second-order valence-corrected chi connectivity index (χ2v) is 5.23. The normalized spacial score (nSPS) is 18.6. The molecule has 0 aliphatic carbocycles. The van der Waals surface area contributed by atoms with Crippen LogP contribution >= 0.6 is 0 Å². The second kappa shape index (κ2) is 4.71. The molecule has 3 rings (SSSR count). The molecule has 0 atom stereocenters. The third-order valence-corrected chi connectivity index (χ3v) is 3.71. The highest BCUT2D eigenvalue weighted by Gasteiger charge is 2.15. The van der Waals surface area contributed by atoms with Crippen LogP contribution in [0.1, 0.15) is 11.3 Å². The summed E-state index contributed by atoms with van der Waals surface area (Å²) in [5.74, 6) is 0. The van der Waals surface area contributed by atoms with Crippen LogP contribution < -0.4 is 0 Å². The maximum atomic E-state index is 4.73. The van der Waals surface area contributed by atoms with Gasteiger partial charge in [0.1, 0.15) is 5.65 Å². The number of hydrogen-bond acceptors (Lipinski definition) is 3. The summed E-state index contributed by atoms with van der Waals surface area (Å²) in [5.41, 5.74) is 3.50.